The van der Waals surface area contributed by atoms with Crippen molar-refractivity contribution in [3.63, 3.8) is 0 Å². The molecule has 2 bridgehead atoms. The van der Waals surface area contributed by atoms with Gasteiger partial charge in [0.1, 0.15) is 12.0 Å². The standard InChI is InChI=1S/C10H12O2.C7H5IO/c1-6-11-8-9-2-4-10(5-3-9)12-7-1;8-7-3-1-2-6(4-7)5-9/h2-5H,1,6-8H2;1-5H. The third kappa shape index (κ3) is 5.85. The first-order valence-electron chi connectivity index (χ1n) is 6.78. The van der Waals surface area contributed by atoms with Crippen molar-refractivity contribution in [3.05, 3.63) is 63.2 Å². The Morgan fingerprint density at radius 1 is 1.05 bits per heavy atom. The smallest absolute Gasteiger partial charge is 0.150 e. The quantitative estimate of drug-likeness (QED) is 0.538. The van der Waals surface area contributed by atoms with E-state index in [9.17, 15) is 4.79 Å². The molecule has 0 atom stereocenters. The first-order chi connectivity index (χ1) is 10.3. The number of carbonyl (C=O) groups is 1. The first-order valence-corrected chi connectivity index (χ1v) is 7.86. The van der Waals surface area contributed by atoms with Gasteiger partial charge in [-0.15, -0.1) is 0 Å². The Hall–Kier alpha value is -1.40. The number of hydrogen-bond donors (Lipinski definition) is 0. The highest BCUT2D eigenvalue weighted by molar-refractivity contribution is 14.1. The molecule has 2 aliphatic heterocycles. The van der Waals surface area contributed by atoms with E-state index in [1.165, 1.54) is 5.56 Å². The van der Waals surface area contributed by atoms with E-state index in [1.54, 1.807) is 6.07 Å². The predicted octanol–water partition coefficient (Wildman–Crippen LogP) is 4.09. The molecule has 110 valence electrons. The van der Waals surface area contributed by atoms with Crippen molar-refractivity contribution in [1.82, 2.24) is 0 Å². The Labute approximate surface area is 138 Å². The highest BCUT2D eigenvalue weighted by Gasteiger charge is 1.99. The van der Waals surface area contributed by atoms with Crippen LogP contribution in [0.25, 0.3) is 0 Å². The zero-order chi connectivity index (χ0) is 14.9. The molecule has 21 heavy (non-hydrogen) atoms. The summed E-state index contributed by atoms with van der Waals surface area (Å²) in [5, 5.41) is 0. The summed E-state index contributed by atoms with van der Waals surface area (Å²) in [6.07, 6.45) is 1.82. The lowest BCUT2D eigenvalue weighted by Gasteiger charge is -2.10. The van der Waals surface area contributed by atoms with Gasteiger partial charge in [0.25, 0.3) is 0 Å². The van der Waals surface area contributed by atoms with Crippen LogP contribution >= 0.6 is 22.6 Å². The summed E-state index contributed by atoms with van der Waals surface area (Å²) in [5.41, 5.74) is 1.95. The van der Waals surface area contributed by atoms with Gasteiger partial charge in [0.15, 0.2) is 0 Å². The molecule has 0 aliphatic carbocycles. The molecule has 4 rings (SSSR count). The van der Waals surface area contributed by atoms with Crippen molar-refractivity contribution in [2.75, 3.05) is 13.2 Å². The molecular weight excluding hydrogens is 379 g/mol. The lowest BCUT2D eigenvalue weighted by molar-refractivity contribution is 0.105. The van der Waals surface area contributed by atoms with E-state index in [4.69, 9.17) is 9.47 Å². The molecule has 2 aromatic rings. The molecule has 0 amide bonds. The minimum Gasteiger partial charge on any atom is -0.494 e. The molecule has 2 aliphatic rings. The lowest BCUT2D eigenvalue weighted by Crippen LogP contribution is -2.05. The number of carbonyl (C=O) groups excluding carboxylic acids is 1. The van der Waals surface area contributed by atoms with E-state index >= 15 is 0 Å². The third-order valence-corrected chi connectivity index (χ3v) is 3.55. The number of rotatable bonds is 1. The zero-order valence-electron chi connectivity index (χ0n) is 11.6. The Morgan fingerprint density at radius 3 is 2.52 bits per heavy atom. The van der Waals surface area contributed by atoms with E-state index < -0.39 is 0 Å². The monoisotopic (exact) mass is 396 g/mol. The van der Waals surface area contributed by atoms with Gasteiger partial charge in [0.2, 0.25) is 0 Å². The van der Waals surface area contributed by atoms with Crippen LogP contribution < -0.4 is 4.74 Å². The molecule has 0 saturated heterocycles. The molecule has 0 unspecified atom stereocenters. The van der Waals surface area contributed by atoms with Gasteiger partial charge in [-0.1, -0.05) is 24.3 Å². The van der Waals surface area contributed by atoms with Gasteiger partial charge in [-0.3, -0.25) is 4.79 Å². The molecular formula is C17H17IO3. The van der Waals surface area contributed by atoms with Gasteiger partial charge < -0.3 is 9.47 Å². The van der Waals surface area contributed by atoms with Crippen LogP contribution in [0.15, 0.2) is 48.5 Å². The summed E-state index contributed by atoms with van der Waals surface area (Å²) < 4.78 is 12.0. The summed E-state index contributed by atoms with van der Waals surface area (Å²) in [7, 11) is 0. The maximum absolute atomic E-state index is 10.2. The SMILES string of the molecule is O=Cc1cccc(I)c1.c1cc2ccc1COCCCO2. The third-order valence-electron chi connectivity index (χ3n) is 2.88. The molecule has 3 nitrogen and oxygen atoms in total. The van der Waals surface area contributed by atoms with E-state index in [1.807, 2.05) is 42.5 Å². The predicted molar refractivity (Wildman–Crippen MR) is 90.8 cm³/mol. The Morgan fingerprint density at radius 2 is 1.86 bits per heavy atom. The summed E-state index contributed by atoms with van der Waals surface area (Å²) >= 11 is 2.17. The molecule has 0 radical (unpaired) electrons. The van der Waals surface area contributed by atoms with Crippen molar-refractivity contribution in [3.8, 4) is 5.75 Å². The van der Waals surface area contributed by atoms with Crippen LogP contribution in [0.1, 0.15) is 22.3 Å². The van der Waals surface area contributed by atoms with Crippen LogP contribution in [0.4, 0.5) is 0 Å². The second-order valence-corrected chi connectivity index (χ2v) is 5.82. The minimum atomic E-state index is 0.722. The Bertz CT molecular complexity index is 540. The molecule has 0 N–H and O–H groups in total. The van der Waals surface area contributed by atoms with Crippen LogP contribution in [-0.4, -0.2) is 19.5 Å². The molecule has 0 aromatic heterocycles. The average molecular weight is 396 g/mol. The average Bonchev–Trinajstić information content (AvgIpc) is 2.54. The van der Waals surface area contributed by atoms with Gasteiger partial charge in [0.05, 0.1) is 19.8 Å². The van der Waals surface area contributed by atoms with Crippen molar-refractivity contribution in [2.45, 2.75) is 13.0 Å². The second-order valence-electron chi connectivity index (χ2n) is 4.57. The maximum Gasteiger partial charge on any atom is 0.150 e. The van der Waals surface area contributed by atoms with E-state index in [0.717, 1.165) is 47.4 Å². The van der Waals surface area contributed by atoms with Gasteiger partial charge in [-0.25, -0.2) is 0 Å². The molecule has 4 heteroatoms. The summed E-state index contributed by atoms with van der Waals surface area (Å²) in [4.78, 5) is 10.2. The van der Waals surface area contributed by atoms with E-state index in [-0.39, 0.29) is 0 Å². The highest BCUT2D eigenvalue weighted by atomic mass is 127. The van der Waals surface area contributed by atoms with Crippen molar-refractivity contribution < 1.29 is 14.3 Å². The van der Waals surface area contributed by atoms with Gasteiger partial charge in [-0.05, 0) is 52.4 Å². The van der Waals surface area contributed by atoms with Crippen LogP contribution in [0.5, 0.6) is 5.75 Å². The summed E-state index contributed by atoms with van der Waals surface area (Å²) in [6, 6.07) is 15.5. The lowest BCUT2D eigenvalue weighted by atomic mass is 10.2. The number of aldehydes is 1. The topological polar surface area (TPSA) is 35.5 Å². The van der Waals surface area contributed by atoms with Crippen LogP contribution in [0.3, 0.4) is 0 Å². The number of benzene rings is 2. The van der Waals surface area contributed by atoms with Gasteiger partial charge in [0, 0.05) is 15.6 Å². The minimum absolute atomic E-state index is 0.722. The Kier molecular flexibility index (Phi) is 6.69. The fraction of sp³-hybridized carbons (Fsp3) is 0.235. The van der Waals surface area contributed by atoms with Crippen LogP contribution in [0, 0.1) is 3.57 Å². The second kappa shape index (κ2) is 8.79. The van der Waals surface area contributed by atoms with E-state index in [0.29, 0.717) is 0 Å². The van der Waals surface area contributed by atoms with Crippen LogP contribution in [0.2, 0.25) is 0 Å². The summed E-state index contributed by atoms with van der Waals surface area (Å²) in [5.74, 6) is 0.959. The maximum atomic E-state index is 10.2. The normalized spacial score (nSPS) is 13.6. The largest absolute Gasteiger partial charge is 0.494 e. The van der Waals surface area contributed by atoms with Crippen molar-refractivity contribution in [2.24, 2.45) is 0 Å². The number of ether oxygens (including phenoxy) is 2. The number of halogens is 1. The zero-order valence-corrected chi connectivity index (χ0v) is 13.8. The highest BCUT2D eigenvalue weighted by Crippen LogP contribution is 2.14. The number of fused-ring (bicyclic) bond motifs is 7. The molecule has 0 spiro atoms. The molecule has 0 fully saturated rings. The Balaban J connectivity index is 0.000000161. The van der Waals surface area contributed by atoms with Crippen molar-refractivity contribution >= 4 is 28.9 Å². The number of hydrogen-bond acceptors (Lipinski definition) is 3. The molecule has 2 aromatic carbocycles. The fourth-order valence-corrected chi connectivity index (χ4v) is 2.37. The molecule has 2 heterocycles. The molecule has 0 saturated carbocycles. The van der Waals surface area contributed by atoms with E-state index in [2.05, 4.69) is 22.6 Å². The summed E-state index contributed by atoms with van der Waals surface area (Å²) in [6.45, 7) is 2.26. The van der Waals surface area contributed by atoms with Crippen molar-refractivity contribution in [1.29, 1.82) is 0 Å². The van der Waals surface area contributed by atoms with Crippen LogP contribution in [-0.2, 0) is 11.3 Å². The first kappa shape index (κ1) is 16.0. The van der Waals surface area contributed by atoms with Gasteiger partial charge >= 0.3 is 0 Å². The van der Waals surface area contributed by atoms with Gasteiger partial charge in [-0.2, -0.15) is 0 Å². The fourth-order valence-electron chi connectivity index (χ4n) is 1.80.